The molecule has 0 amide bonds. The Balaban J connectivity index is 3.08. The maximum Gasteiger partial charge on any atom is 0.173 e. The van der Waals surface area contributed by atoms with Crippen LogP contribution < -0.4 is 0 Å². The number of ether oxygens (including phenoxy) is 1. The third kappa shape index (κ3) is 6.08. The van der Waals surface area contributed by atoms with Crippen LogP contribution in [0.3, 0.4) is 0 Å². The first-order valence-electron chi connectivity index (χ1n) is 7.81. The van der Waals surface area contributed by atoms with Crippen LogP contribution in [0.2, 0.25) is 0 Å². The predicted molar refractivity (Wildman–Crippen MR) is 92.3 cm³/mol. The van der Waals surface area contributed by atoms with Gasteiger partial charge < -0.3 is 4.74 Å². The molecule has 122 valence electrons. The van der Waals surface area contributed by atoms with Crippen molar-refractivity contribution in [3.05, 3.63) is 35.1 Å². The molecule has 22 heavy (non-hydrogen) atoms. The first kappa shape index (κ1) is 18.5. The van der Waals surface area contributed by atoms with Crippen LogP contribution in [0.1, 0.15) is 34.6 Å². The average molecular weight is 304 g/mol. The van der Waals surface area contributed by atoms with Gasteiger partial charge in [0.15, 0.2) is 5.78 Å². The van der Waals surface area contributed by atoms with Crippen molar-refractivity contribution in [2.45, 2.75) is 34.6 Å². The highest BCUT2D eigenvalue weighted by Crippen LogP contribution is 2.18. The first-order chi connectivity index (χ1) is 10.5. The standard InChI is InChI=1S/C18H28N2O2/c1-6-7-8-14(2)15(3)18(19-16(4)17(5)21)13-20-9-11-22-12-10-20/h6-8H,9-13H2,1-5H3/b7-6-,14-8-,18-15+,19-16?. The Bertz CT molecular complexity index is 507. The maximum atomic E-state index is 11.5. The van der Waals surface area contributed by atoms with Crippen molar-refractivity contribution in [2.24, 2.45) is 4.99 Å². The van der Waals surface area contributed by atoms with E-state index in [9.17, 15) is 4.79 Å². The van der Waals surface area contributed by atoms with E-state index in [2.05, 4.69) is 29.8 Å². The van der Waals surface area contributed by atoms with E-state index in [1.807, 2.05) is 19.1 Å². The molecular formula is C18H28N2O2. The predicted octanol–water partition coefficient (Wildman–Crippen LogP) is 3.16. The summed E-state index contributed by atoms with van der Waals surface area (Å²) in [7, 11) is 0. The Morgan fingerprint density at radius 2 is 1.82 bits per heavy atom. The SMILES string of the molecule is C\C=C/C=C(C)\C(C)=C(/CN1CCOCC1)N=C(C)C(C)=O. The zero-order valence-corrected chi connectivity index (χ0v) is 14.5. The van der Waals surface area contributed by atoms with Gasteiger partial charge in [-0.3, -0.25) is 14.7 Å². The second kappa shape index (κ2) is 9.49. The number of aliphatic imine (C=N–C) groups is 1. The molecule has 0 aromatic carbocycles. The number of rotatable bonds is 6. The third-order valence-electron chi connectivity index (χ3n) is 3.85. The minimum absolute atomic E-state index is 0.0161. The van der Waals surface area contributed by atoms with Gasteiger partial charge in [-0.05, 0) is 38.8 Å². The van der Waals surface area contributed by atoms with Crippen LogP contribution in [0.15, 0.2) is 40.1 Å². The number of ketones is 1. The largest absolute Gasteiger partial charge is 0.379 e. The van der Waals surface area contributed by atoms with Gasteiger partial charge in [-0.15, -0.1) is 0 Å². The van der Waals surface area contributed by atoms with E-state index >= 15 is 0 Å². The van der Waals surface area contributed by atoms with Gasteiger partial charge in [-0.2, -0.15) is 0 Å². The molecule has 0 aliphatic carbocycles. The Morgan fingerprint density at radius 3 is 2.36 bits per heavy atom. The summed E-state index contributed by atoms with van der Waals surface area (Å²) in [6.45, 7) is 13.6. The lowest BCUT2D eigenvalue weighted by atomic mass is 10.1. The molecule has 1 aliphatic heterocycles. The molecule has 0 unspecified atom stereocenters. The molecule has 4 nitrogen and oxygen atoms in total. The minimum atomic E-state index is 0.0161. The zero-order valence-electron chi connectivity index (χ0n) is 14.5. The van der Waals surface area contributed by atoms with Gasteiger partial charge in [0, 0.05) is 26.6 Å². The molecule has 1 heterocycles. The fourth-order valence-corrected chi connectivity index (χ4v) is 2.08. The second-order valence-corrected chi connectivity index (χ2v) is 5.59. The van der Waals surface area contributed by atoms with Crippen LogP contribution >= 0.6 is 0 Å². The number of Topliss-reactive ketones (excluding diaryl/α,β-unsaturated/α-hetero) is 1. The molecule has 1 rings (SSSR count). The topological polar surface area (TPSA) is 41.9 Å². The number of carbonyl (C=O) groups excluding carboxylic acids is 1. The molecule has 0 atom stereocenters. The number of hydrogen-bond acceptors (Lipinski definition) is 4. The molecule has 0 N–H and O–H groups in total. The summed E-state index contributed by atoms with van der Waals surface area (Å²) < 4.78 is 5.39. The van der Waals surface area contributed by atoms with Crippen LogP contribution in [0.4, 0.5) is 0 Å². The highest BCUT2D eigenvalue weighted by Gasteiger charge is 2.14. The summed E-state index contributed by atoms with van der Waals surface area (Å²) in [5, 5.41) is 0. The Labute approximate surface area is 134 Å². The van der Waals surface area contributed by atoms with Crippen molar-refractivity contribution < 1.29 is 9.53 Å². The van der Waals surface area contributed by atoms with E-state index in [0.29, 0.717) is 5.71 Å². The van der Waals surface area contributed by atoms with Crippen molar-refractivity contribution in [3.63, 3.8) is 0 Å². The Morgan fingerprint density at radius 1 is 1.18 bits per heavy atom. The number of hydrogen-bond donors (Lipinski definition) is 0. The summed E-state index contributed by atoms with van der Waals surface area (Å²) in [6, 6.07) is 0. The lowest BCUT2D eigenvalue weighted by Gasteiger charge is -2.27. The fourth-order valence-electron chi connectivity index (χ4n) is 2.08. The van der Waals surface area contributed by atoms with Crippen molar-refractivity contribution >= 4 is 11.5 Å². The van der Waals surface area contributed by atoms with Gasteiger partial charge in [0.05, 0.1) is 24.6 Å². The lowest BCUT2D eigenvalue weighted by Crippen LogP contribution is -2.37. The number of carbonyl (C=O) groups is 1. The van der Waals surface area contributed by atoms with E-state index in [1.54, 1.807) is 13.8 Å². The van der Waals surface area contributed by atoms with Crippen LogP contribution in [-0.2, 0) is 9.53 Å². The molecule has 1 aliphatic rings. The molecule has 0 bridgehead atoms. The van der Waals surface area contributed by atoms with Crippen molar-refractivity contribution in [2.75, 3.05) is 32.8 Å². The quantitative estimate of drug-likeness (QED) is 0.559. The summed E-state index contributed by atoms with van der Waals surface area (Å²) in [5.41, 5.74) is 3.82. The van der Waals surface area contributed by atoms with Gasteiger partial charge in [-0.1, -0.05) is 18.2 Å². The number of allylic oxidation sites excluding steroid dienone is 5. The maximum absolute atomic E-state index is 11.5. The van der Waals surface area contributed by atoms with Gasteiger partial charge in [0.1, 0.15) is 0 Å². The van der Waals surface area contributed by atoms with Gasteiger partial charge in [-0.25, -0.2) is 0 Å². The molecule has 0 saturated carbocycles. The first-order valence-corrected chi connectivity index (χ1v) is 7.81. The van der Waals surface area contributed by atoms with Gasteiger partial charge in [0.25, 0.3) is 0 Å². The molecule has 1 saturated heterocycles. The highest BCUT2D eigenvalue weighted by atomic mass is 16.5. The molecule has 4 heteroatoms. The van der Waals surface area contributed by atoms with Gasteiger partial charge in [0.2, 0.25) is 0 Å². The summed E-state index contributed by atoms with van der Waals surface area (Å²) in [5.74, 6) is 0.0161. The van der Waals surface area contributed by atoms with Crippen LogP contribution in [0.25, 0.3) is 0 Å². The van der Waals surface area contributed by atoms with Crippen molar-refractivity contribution in [1.29, 1.82) is 0 Å². The van der Waals surface area contributed by atoms with Crippen molar-refractivity contribution in [3.8, 4) is 0 Å². The summed E-state index contributed by atoms with van der Waals surface area (Å²) in [6.07, 6.45) is 6.10. The summed E-state index contributed by atoms with van der Waals surface area (Å²) in [4.78, 5) is 18.4. The molecular weight excluding hydrogens is 276 g/mol. The van der Waals surface area contributed by atoms with E-state index < -0.39 is 0 Å². The molecule has 1 fully saturated rings. The minimum Gasteiger partial charge on any atom is -0.379 e. The van der Waals surface area contributed by atoms with Crippen LogP contribution in [0, 0.1) is 0 Å². The third-order valence-corrected chi connectivity index (χ3v) is 3.85. The smallest absolute Gasteiger partial charge is 0.173 e. The van der Waals surface area contributed by atoms with E-state index in [4.69, 9.17) is 4.74 Å². The Kier molecular flexibility index (Phi) is 7.99. The summed E-state index contributed by atoms with van der Waals surface area (Å²) >= 11 is 0. The number of nitrogens with zero attached hydrogens (tertiary/aromatic N) is 2. The second-order valence-electron chi connectivity index (χ2n) is 5.59. The molecule has 0 aromatic rings. The van der Waals surface area contributed by atoms with E-state index in [1.165, 1.54) is 5.57 Å². The van der Waals surface area contributed by atoms with Crippen molar-refractivity contribution in [1.82, 2.24) is 4.90 Å². The van der Waals surface area contributed by atoms with Crippen LogP contribution in [0.5, 0.6) is 0 Å². The normalized spacial score (nSPS) is 19.5. The fraction of sp³-hybridized carbons (Fsp3) is 0.556. The Hall–Kier alpha value is -1.52. The van der Waals surface area contributed by atoms with E-state index in [0.717, 1.165) is 44.1 Å². The zero-order chi connectivity index (χ0) is 16.5. The molecule has 0 radical (unpaired) electrons. The average Bonchev–Trinajstić information content (AvgIpc) is 2.52. The van der Waals surface area contributed by atoms with E-state index in [-0.39, 0.29) is 5.78 Å². The number of morpholine rings is 1. The monoisotopic (exact) mass is 304 g/mol. The highest BCUT2D eigenvalue weighted by molar-refractivity contribution is 6.38. The molecule has 0 aromatic heterocycles. The molecule has 0 spiro atoms. The van der Waals surface area contributed by atoms with Gasteiger partial charge >= 0.3 is 0 Å². The lowest BCUT2D eigenvalue weighted by molar-refractivity contribution is -0.111. The van der Waals surface area contributed by atoms with Crippen LogP contribution in [-0.4, -0.2) is 49.2 Å².